The van der Waals surface area contributed by atoms with Gasteiger partial charge < -0.3 is 9.47 Å². The summed E-state index contributed by atoms with van der Waals surface area (Å²) >= 11 is 0. The monoisotopic (exact) mass is 321 g/mol. The van der Waals surface area contributed by atoms with Gasteiger partial charge in [-0.1, -0.05) is 35.9 Å². The van der Waals surface area contributed by atoms with Gasteiger partial charge in [0.05, 0.1) is 13.2 Å². The maximum atomic E-state index is 12.0. The Morgan fingerprint density at radius 1 is 1.17 bits per heavy atom. The molecule has 0 saturated carbocycles. The summed E-state index contributed by atoms with van der Waals surface area (Å²) in [6, 6.07) is 15.2. The van der Waals surface area contributed by atoms with Crippen molar-refractivity contribution >= 4 is 12.0 Å². The van der Waals surface area contributed by atoms with Gasteiger partial charge in [-0.25, -0.2) is 0 Å². The van der Waals surface area contributed by atoms with E-state index < -0.39 is 0 Å². The van der Waals surface area contributed by atoms with Crippen molar-refractivity contribution in [3.63, 3.8) is 0 Å². The third-order valence-electron chi connectivity index (χ3n) is 3.50. The molecule has 0 heterocycles. The number of carbonyl (C=O) groups is 1. The SMILES string of the molecule is COc1cc(/C=C\C#N)ccc1OC(=O)CCc1ccc(C)cc1. The molecular formula is C20H19NO3. The minimum absolute atomic E-state index is 0.294. The summed E-state index contributed by atoms with van der Waals surface area (Å²) < 4.78 is 10.6. The van der Waals surface area contributed by atoms with Gasteiger partial charge >= 0.3 is 5.97 Å². The molecule has 2 rings (SSSR count). The summed E-state index contributed by atoms with van der Waals surface area (Å²) in [6.07, 6.45) is 3.96. The Bertz CT molecular complexity index is 770. The van der Waals surface area contributed by atoms with Crippen molar-refractivity contribution < 1.29 is 14.3 Å². The molecule has 0 atom stereocenters. The number of hydrogen-bond acceptors (Lipinski definition) is 4. The first-order chi connectivity index (χ1) is 11.6. The van der Waals surface area contributed by atoms with Gasteiger partial charge in [0, 0.05) is 12.5 Å². The lowest BCUT2D eigenvalue weighted by molar-refractivity contribution is -0.134. The van der Waals surface area contributed by atoms with Crippen LogP contribution in [0.5, 0.6) is 11.5 Å². The number of rotatable bonds is 6. The Hall–Kier alpha value is -3.06. The summed E-state index contributed by atoms with van der Waals surface area (Å²) in [7, 11) is 1.51. The highest BCUT2D eigenvalue weighted by Crippen LogP contribution is 2.29. The van der Waals surface area contributed by atoms with Gasteiger partial charge in [-0.3, -0.25) is 4.79 Å². The quantitative estimate of drug-likeness (QED) is 0.457. The topological polar surface area (TPSA) is 59.3 Å². The smallest absolute Gasteiger partial charge is 0.311 e. The standard InChI is InChI=1S/C20H19NO3/c1-15-5-7-16(8-6-15)10-12-20(22)24-18-11-9-17(4-3-13-21)14-19(18)23-2/h3-9,11,14H,10,12H2,1-2H3/b4-3-. The van der Waals surface area contributed by atoms with Crippen molar-refractivity contribution in [1.82, 2.24) is 0 Å². The highest BCUT2D eigenvalue weighted by atomic mass is 16.6. The van der Waals surface area contributed by atoms with Crippen LogP contribution in [0.4, 0.5) is 0 Å². The maximum Gasteiger partial charge on any atom is 0.311 e. The summed E-state index contributed by atoms with van der Waals surface area (Å²) in [6.45, 7) is 2.03. The van der Waals surface area contributed by atoms with E-state index in [1.54, 1.807) is 24.3 Å². The predicted octanol–water partition coefficient (Wildman–Crippen LogP) is 4.08. The molecule has 24 heavy (non-hydrogen) atoms. The largest absolute Gasteiger partial charge is 0.493 e. The molecule has 122 valence electrons. The molecule has 0 bridgehead atoms. The summed E-state index contributed by atoms with van der Waals surface area (Å²) in [4.78, 5) is 12.0. The lowest BCUT2D eigenvalue weighted by Crippen LogP contribution is -2.10. The fraction of sp³-hybridized carbons (Fsp3) is 0.200. The minimum Gasteiger partial charge on any atom is -0.493 e. The molecule has 0 aliphatic heterocycles. The summed E-state index contributed by atoms with van der Waals surface area (Å²) in [5.41, 5.74) is 3.09. The summed E-state index contributed by atoms with van der Waals surface area (Å²) in [5, 5.41) is 8.56. The highest BCUT2D eigenvalue weighted by Gasteiger charge is 2.10. The lowest BCUT2D eigenvalue weighted by Gasteiger charge is -2.10. The zero-order valence-corrected chi connectivity index (χ0v) is 13.8. The molecule has 4 heteroatoms. The average molecular weight is 321 g/mol. The molecule has 0 radical (unpaired) electrons. The van der Waals surface area contributed by atoms with E-state index in [9.17, 15) is 4.79 Å². The van der Waals surface area contributed by atoms with E-state index in [1.807, 2.05) is 37.3 Å². The molecule has 0 aliphatic carbocycles. The second kappa shape index (κ2) is 8.54. The first-order valence-corrected chi connectivity index (χ1v) is 7.63. The van der Waals surface area contributed by atoms with Gasteiger partial charge in [-0.15, -0.1) is 0 Å². The van der Waals surface area contributed by atoms with Crippen LogP contribution in [0.1, 0.15) is 23.1 Å². The van der Waals surface area contributed by atoms with Crippen LogP contribution in [0.15, 0.2) is 48.5 Å². The second-order valence-corrected chi connectivity index (χ2v) is 5.33. The molecule has 0 saturated heterocycles. The number of ether oxygens (including phenoxy) is 2. The molecule has 0 spiro atoms. The second-order valence-electron chi connectivity index (χ2n) is 5.33. The van der Waals surface area contributed by atoms with Crippen LogP contribution < -0.4 is 9.47 Å². The van der Waals surface area contributed by atoms with Crippen molar-refractivity contribution in [3.05, 3.63) is 65.2 Å². The van der Waals surface area contributed by atoms with E-state index in [1.165, 1.54) is 18.7 Å². The van der Waals surface area contributed by atoms with E-state index >= 15 is 0 Å². The normalized spacial score (nSPS) is 10.4. The maximum absolute atomic E-state index is 12.0. The number of nitriles is 1. The highest BCUT2D eigenvalue weighted by molar-refractivity contribution is 5.74. The van der Waals surface area contributed by atoms with Crippen LogP contribution >= 0.6 is 0 Å². The van der Waals surface area contributed by atoms with E-state index in [4.69, 9.17) is 14.7 Å². The van der Waals surface area contributed by atoms with Crippen LogP contribution in [0.2, 0.25) is 0 Å². The molecule has 0 amide bonds. The van der Waals surface area contributed by atoms with Gasteiger partial charge in [0.15, 0.2) is 11.5 Å². The minimum atomic E-state index is -0.311. The van der Waals surface area contributed by atoms with E-state index in [0.29, 0.717) is 24.3 Å². The van der Waals surface area contributed by atoms with Gasteiger partial charge in [0.25, 0.3) is 0 Å². The number of allylic oxidation sites excluding steroid dienone is 1. The van der Waals surface area contributed by atoms with Crippen molar-refractivity contribution in [2.75, 3.05) is 7.11 Å². The van der Waals surface area contributed by atoms with Crippen LogP contribution in [0.3, 0.4) is 0 Å². The molecule has 0 aromatic heterocycles. The van der Waals surface area contributed by atoms with E-state index in [0.717, 1.165) is 11.1 Å². The Balaban J connectivity index is 1.99. The van der Waals surface area contributed by atoms with Gasteiger partial charge in [-0.2, -0.15) is 5.26 Å². The third-order valence-corrected chi connectivity index (χ3v) is 3.50. The number of nitrogens with zero attached hydrogens (tertiary/aromatic N) is 1. The third kappa shape index (κ3) is 4.99. The Kier molecular flexibility index (Phi) is 6.16. The zero-order valence-electron chi connectivity index (χ0n) is 13.8. The molecule has 2 aromatic carbocycles. The van der Waals surface area contributed by atoms with Gasteiger partial charge in [-0.05, 0) is 42.7 Å². The fourth-order valence-corrected chi connectivity index (χ4v) is 2.18. The Morgan fingerprint density at radius 2 is 1.92 bits per heavy atom. The number of aryl methyl sites for hydroxylation is 2. The molecule has 0 unspecified atom stereocenters. The van der Waals surface area contributed by atoms with Crippen molar-refractivity contribution in [2.45, 2.75) is 19.8 Å². The molecule has 2 aromatic rings. The van der Waals surface area contributed by atoms with Crippen LogP contribution in [0.25, 0.3) is 6.08 Å². The average Bonchev–Trinajstić information content (AvgIpc) is 2.60. The molecular weight excluding hydrogens is 302 g/mol. The van der Waals surface area contributed by atoms with Crippen LogP contribution in [0, 0.1) is 18.3 Å². The summed E-state index contributed by atoms with van der Waals surface area (Å²) in [5.74, 6) is 0.522. The number of methoxy groups -OCH3 is 1. The number of carbonyl (C=O) groups excluding carboxylic acids is 1. The van der Waals surface area contributed by atoms with Crippen LogP contribution in [-0.2, 0) is 11.2 Å². The number of esters is 1. The Labute approximate surface area is 141 Å². The molecule has 0 aliphatic rings. The van der Waals surface area contributed by atoms with Crippen LogP contribution in [-0.4, -0.2) is 13.1 Å². The van der Waals surface area contributed by atoms with Gasteiger partial charge in [0.1, 0.15) is 0 Å². The van der Waals surface area contributed by atoms with E-state index in [-0.39, 0.29) is 5.97 Å². The molecule has 0 N–H and O–H groups in total. The first-order valence-electron chi connectivity index (χ1n) is 7.63. The fourth-order valence-electron chi connectivity index (χ4n) is 2.18. The zero-order chi connectivity index (χ0) is 17.4. The predicted molar refractivity (Wildman–Crippen MR) is 92.8 cm³/mol. The number of benzene rings is 2. The molecule has 0 fully saturated rings. The van der Waals surface area contributed by atoms with Crippen molar-refractivity contribution in [1.29, 1.82) is 5.26 Å². The van der Waals surface area contributed by atoms with Crippen molar-refractivity contribution in [3.8, 4) is 17.6 Å². The van der Waals surface area contributed by atoms with Crippen molar-refractivity contribution in [2.24, 2.45) is 0 Å². The number of hydrogen-bond donors (Lipinski definition) is 0. The van der Waals surface area contributed by atoms with E-state index in [2.05, 4.69) is 0 Å². The first kappa shape index (κ1) is 17.3. The van der Waals surface area contributed by atoms with Gasteiger partial charge in [0.2, 0.25) is 0 Å². The Morgan fingerprint density at radius 3 is 2.58 bits per heavy atom. The molecule has 4 nitrogen and oxygen atoms in total. The lowest BCUT2D eigenvalue weighted by atomic mass is 10.1.